The first-order chi connectivity index (χ1) is 23.2. The van der Waals surface area contributed by atoms with Gasteiger partial charge in [-0.15, -0.1) is 0 Å². The molecule has 0 amide bonds. The van der Waals surface area contributed by atoms with Crippen LogP contribution in [0, 0.1) is 0 Å². The molecule has 50 heavy (non-hydrogen) atoms. The standard InChI is InChI=1S/4C10H9.2C2H7Si.2ClH.2Hf/c4*1-8-6-7-9-4-2-3-5-10(8)9;2*1-3-2;;;;/h4*2-7H,1H3;2*3H,1-2H3;2*1H;;/q;;;;;;;;2*+1/p-2. The first kappa shape index (κ1) is 39.8. The third-order valence-electron chi connectivity index (χ3n) is 11.3. The fourth-order valence-electron chi connectivity index (χ4n) is 9.15. The largest absolute Gasteiger partial charge is 1.00 e. The average molecular weight is 1060 g/mol. The Kier molecular flexibility index (Phi) is 13.3. The van der Waals surface area contributed by atoms with Gasteiger partial charge < -0.3 is 24.8 Å². The first-order valence-electron chi connectivity index (χ1n) is 18.0. The zero-order valence-electron chi connectivity index (χ0n) is 30.8. The molecule has 4 atom stereocenters. The van der Waals surface area contributed by atoms with Gasteiger partial charge in [-0.2, -0.15) is 0 Å². The van der Waals surface area contributed by atoms with Gasteiger partial charge in [0.25, 0.3) is 0 Å². The van der Waals surface area contributed by atoms with Gasteiger partial charge in [0.2, 0.25) is 0 Å². The van der Waals surface area contributed by atoms with Crippen LogP contribution < -0.4 is 24.8 Å². The molecule has 6 heteroatoms. The van der Waals surface area contributed by atoms with Crippen molar-refractivity contribution in [2.24, 2.45) is 0 Å². The van der Waals surface area contributed by atoms with E-state index in [1.807, 2.05) is 0 Å². The first-order valence-corrected chi connectivity index (χ1v) is 44.5. The molecule has 0 nitrogen and oxygen atoms in total. The second kappa shape index (κ2) is 16.7. The van der Waals surface area contributed by atoms with Crippen LogP contribution in [-0.2, 0) is 41.2 Å². The molecule has 8 rings (SSSR count). The van der Waals surface area contributed by atoms with Gasteiger partial charge in [-0.1, -0.05) is 0 Å². The molecule has 0 spiro atoms. The molecule has 0 heterocycles. The number of rotatable bonds is 6. The summed E-state index contributed by atoms with van der Waals surface area (Å²) in [6.45, 7) is 19.7. The average Bonchev–Trinajstić information content (AvgIpc) is 3.80. The maximum Gasteiger partial charge on any atom is -1.00 e. The van der Waals surface area contributed by atoms with E-state index < -0.39 is 53.2 Å². The third kappa shape index (κ3) is 7.38. The second-order valence-electron chi connectivity index (χ2n) is 15.0. The summed E-state index contributed by atoms with van der Waals surface area (Å²) < 4.78 is 3.16. The molecule has 0 N–H and O–H groups in total. The molecule has 0 saturated heterocycles. The molecule has 0 bridgehead atoms. The van der Waals surface area contributed by atoms with Gasteiger partial charge in [-0.05, 0) is 0 Å². The fourth-order valence-corrected chi connectivity index (χ4v) is 69.9. The van der Waals surface area contributed by atoms with E-state index in [0.717, 1.165) is 14.7 Å². The van der Waals surface area contributed by atoms with Gasteiger partial charge in [-0.3, -0.25) is 0 Å². The van der Waals surface area contributed by atoms with Crippen LogP contribution in [0.1, 0.15) is 86.9 Å². The Morgan fingerprint density at radius 1 is 0.360 bits per heavy atom. The minimum atomic E-state index is -1.89. The Labute approximate surface area is 331 Å². The Bertz CT molecular complexity index is 1710. The van der Waals surface area contributed by atoms with E-state index in [2.05, 4.69) is 175 Å². The van der Waals surface area contributed by atoms with Crippen LogP contribution in [0.4, 0.5) is 0 Å². The van der Waals surface area contributed by atoms with E-state index in [1.54, 1.807) is 22.3 Å². The molecule has 0 radical (unpaired) electrons. The van der Waals surface area contributed by atoms with Crippen LogP contribution in [-0.4, -0.2) is 12.0 Å². The van der Waals surface area contributed by atoms with Gasteiger partial charge in [0.05, 0.1) is 0 Å². The van der Waals surface area contributed by atoms with Crippen molar-refractivity contribution in [3.05, 3.63) is 166 Å². The van der Waals surface area contributed by atoms with Crippen LogP contribution in [0.15, 0.2) is 121 Å². The van der Waals surface area contributed by atoms with E-state index in [-0.39, 0.29) is 24.8 Å². The zero-order chi connectivity index (χ0) is 33.7. The molecule has 4 aromatic rings. The summed E-state index contributed by atoms with van der Waals surface area (Å²) in [6.07, 6.45) is 10.6. The summed E-state index contributed by atoms with van der Waals surface area (Å²) >= 11 is -3.78. The minimum Gasteiger partial charge on any atom is -1.00 e. The van der Waals surface area contributed by atoms with E-state index >= 15 is 0 Å². The van der Waals surface area contributed by atoms with Crippen molar-refractivity contribution in [1.82, 2.24) is 0 Å². The van der Waals surface area contributed by atoms with E-state index in [9.17, 15) is 0 Å². The van der Waals surface area contributed by atoms with Crippen molar-refractivity contribution >= 4 is 34.3 Å². The summed E-state index contributed by atoms with van der Waals surface area (Å²) in [6, 6.07) is 36.7. The van der Waals surface area contributed by atoms with Crippen molar-refractivity contribution in [1.29, 1.82) is 0 Å². The van der Waals surface area contributed by atoms with Gasteiger partial charge in [0, 0.05) is 0 Å². The van der Waals surface area contributed by atoms with Crippen molar-refractivity contribution in [2.75, 3.05) is 0 Å². The SMILES string of the molecule is CC1=C[CH]([Hf+]([CH]2C=C(C)c3ccccc32)[SiH](C)C)c2ccccc21.CC1=C[CH]([Hf+]([CH]2C=C(C)c3ccccc32)[SiH](C)C)c2ccccc21.[Cl-].[Cl-]. The monoisotopic (exact) mass is 1060 g/mol. The van der Waals surface area contributed by atoms with Crippen LogP contribution in [0.3, 0.4) is 0 Å². The Morgan fingerprint density at radius 3 is 0.760 bits per heavy atom. The number of benzene rings is 4. The smallest absolute Gasteiger partial charge is 1.00 e. The maximum atomic E-state index is 2.64. The summed E-state index contributed by atoms with van der Waals surface area (Å²) in [4.78, 5) is 0. The van der Waals surface area contributed by atoms with Gasteiger partial charge >= 0.3 is 310 Å². The van der Waals surface area contributed by atoms with E-state index in [4.69, 9.17) is 0 Å². The molecule has 0 saturated carbocycles. The molecule has 4 unspecified atom stereocenters. The fraction of sp³-hybridized carbons (Fsp3) is 0.273. The molecule has 0 fully saturated rings. The molecule has 4 aromatic carbocycles. The third-order valence-corrected chi connectivity index (χ3v) is 71.7. The maximum absolute atomic E-state index is 2.64. The molecule has 4 aliphatic rings. The van der Waals surface area contributed by atoms with Crippen molar-refractivity contribution in [2.45, 2.75) is 68.6 Å². The summed E-state index contributed by atoms with van der Waals surface area (Å²) in [5, 5.41) is 0. The zero-order valence-corrected chi connectivity index (χ0v) is 41.8. The van der Waals surface area contributed by atoms with E-state index in [0.29, 0.717) is 0 Å². The molecular formula is C44H50Cl2Hf2Si2. The molecule has 256 valence electrons. The normalized spacial score (nSPS) is 20.5. The van der Waals surface area contributed by atoms with Crippen molar-refractivity contribution in [3.63, 3.8) is 0 Å². The Balaban J connectivity index is 0.000000187. The van der Waals surface area contributed by atoms with Crippen molar-refractivity contribution in [3.8, 4) is 0 Å². The molecule has 0 aromatic heterocycles. The van der Waals surface area contributed by atoms with Gasteiger partial charge in [-0.25, -0.2) is 0 Å². The Morgan fingerprint density at radius 2 is 0.560 bits per heavy atom. The van der Waals surface area contributed by atoms with E-state index in [1.165, 1.54) is 44.5 Å². The summed E-state index contributed by atoms with van der Waals surface area (Å²) in [5.74, 6) is -1.28. The molecule has 0 aliphatic heterocycles. The van der Waals surface area contributed by atoms with Crippen molar-refractivity contribution < 1.29 is 66.0 Å². The predicted molar refractivity (Wildman–Crippen MR) is 209 cm³/mol. The summed E-state index contributed by atoms with van der Waals surface area (Å²) in [7, 11) is 0. The Hall–Kier alpha value is -1.41. The molecular weight excluding hydrogens is 1010 g/mol. The number of fused-ring (bicyclic) bond motifs is 4. The van der Waals surface area contributed by atoms with Gasteiger partial charge in [0.1, 0.15) is 0 Å². The second-order valence-corrected chi connectivity index (χ2v) is 71.5. The van der Waals surface area contributed by atoms with Crippen LogP contribution >= 0.6 is 0 Å². The topological polar surface area (TPSA) is 0 Å². The van der Waals surface area contributed by atoms with Gasteiger partial charge in [0.15, 0.2) is 0 Å². The number of hydrogen-bond donors (Lipinski definition) is 0. The van der Waals surface area contributed by atoms with Crippen LogP contribution in [0.5, 0.6) is 0 Å². The van der Waals surface area contributed by atoms with Crippen LogP contribution in [0.2, 0.25) is 26.2 Å². The number of hydrogen-bond acceptors (Lipinski definition) is 0. The molecule has 4 aliphatic carbocycles. The quantitative estimate of drug-likeness (QED) is 0.214. The number of allylic oxidation sites excluding steroid dienone is 8. The van der Waals surface area contributed by atoms with Crippen LogP contribution in [0.25, 0.3) is 22.3 Å². The number of halogens is 2. The summed E-state index contributed by atoms with van der Waals surface area (Å²) in [5.41, 5.74) is 18.7. The minimum absolute atomic E-state index is 0. The predicted octanol–water partition coefficient (Wildman–Crippen LogP) is 5.82.